The molecule has 0 saturated carbocycles. The Hall–Kier alpha value is -2.39. The lowest BCUT2D eigenvalue weighted by Crippen LogP contribution is -2.25. The summed E-state index contributed by atoms with van der Waals surface area (Å²) in [6.07, 6.45) is 1.39. The van der Waals surface area contributed by atoms with E-state index in [9.17, 15) is 13.2 Å². The monoisotopic (exact) mass is 311 g/mol. The summed E-state index contributed by atoms with van der Waals surface area (Å²) in [4.78, 5) is 11.4. The Morgan fingerprint density at radius 2 is 2.19 bits per heavy atom. The number of rotatable bonds is 5. The molecule has 0 aliphatic carbocycles. The maximum atomic E-state index is 12.3. The van der Waals surface area contributed by atoms with Gasteiger partial charge in [-0.3, -0.25) is 0 Å². The van der Waals surface area contributed by atoms with Crippen LogP contribution in [0.1, 0.15) is 16.1 Å². The molecule has 1 aromatic carbocycles. The predicted octanol–water partition coefficient (Wildman–Crippen LogP) is 0.522. The second-order valence-electron chi connectivity index (χ2n) is 4.05. The van der Waals surface area contributed by atoms with Crippen LogP contribution in [0.3, 0.4) is 0 Å². The van der Waals surface area contributed by atoms with Crippen molar-refractivity contribution in [2.45, 2.75) is 11.4 Å². The van der Waals surface area contributed by atoms with Gasteiger partial charge in [0.05, 0.1) is 30.3 Å². The van der Waals surface area contributed by atoms with Crippen molar-refractivity contribution in [1.82, 2.24) is 9.88 Å². The van der Waals surface area contributed by atoms with E-state index in [4.69, 9.17) is 10.3 Å². The predicted molar refractivity (Wildman–Crippen MR) is 72.7 cm³/mol. The van der Waals surface area contributed by atoms with Gasteiger partial charge in [0.25, 0.3) is 0 Å². The molecule has 0 amide bonds. The van der Waals surface area contributed by atoms with E-state index in [2.05, 4.69) is 14.6 Å². The molecule has 9 heteroatoms. The Morgan fingerprint density at radius 1 is 1.43 bits per heavy atom. The Morgan fingerprint density at radius 3 is 2.81 bits per heavy atom. The van der Waals surface area contributed by atoms with E-state index in [1.165, 1.54) is 30.5 Å². The lowest BCUT2D eigenvalue weighted by molar-refractivity contribution is 0.0596. The first-order valence-corrected chi connectivity index (χ1v) is 7.29. The normalized spacial score (nSPS) is 11.3. The number of hydrogen-bond donors (Lipinski definition) is 2. The molecule has 2 rings (SSSR count). The second-order valence-corrected chi connectivity index (χ2v) is 5.79. The SMILES string of the molecule is COC(=O)c1ccc(N)cc1S(=O)(=O)NCc1ccno1. The standard InChI is InChI=1S/C12H13N3O5S/c1-19-12(16)10-3-2-8(13)6-11(10)21(17,18)15-7-9-4-5-14-20-9/h2-6,15H,7,13H2,1H3. The summed E-state index contributed by atoms with van der Waals surface area (Å²) < 4.78 is 36.2. The van der Waals surface area contributed by atoms with Gasteiger partial charge in [-0.2, -0.15) is 0 Å². The number of ether oxygens (including phenoxy) is 1. The van der Waals surface area contributed by atoms with Gasteiger partial charge < -0.3 is 15.0 Å². The number of nitrogens with one attached hydrogen (secondary N) is 1. The van der Waals surface area contributed by atoms with Crippen LogP contribution >= 0.6 is 0 Å². The van der Waals surface area contributed by atoms with Gasteiger partial charge in [0.15, 0.2) is 5.76 Å². The van der Waals surface area contributed by atoms with Crippen molar-refractivity contribution in [2.75, 3.05) is 12.8 Å². The highest BCUT2D eigenvalue weighted by Gasteiger charge is 2.23. The van der Waals surface area contributed by atoms with Crippen LogP contribution in [-0.4, -0.2) is 26.7 Å². The smallest absolute Gasteiger partial charge is 0.339 e. The molecule has 0 saturated heterocycles. The minimum Gasteiger partial charge on any atom is -0.465 e. The van der Waals surface area contributed by atoms with Crippen molar-refractivity contribution in [3.05, 3.63) is 41.8 Å². The van der Waals surface area contributed by atoms with Crippen LogP contribution in [0, 0.1) is 0 Å². The number of sulfonamides is 1. The molecule has 3 N–H and O–H groups in total. The lowest BCUT2D eigenvalue weighted by Gasteiger charge is -2.10. The maximum absolute atomic E-state index is 12.3. The Kier molecular flexibility index (Phi) is 4.24. The molecule has 0 atom stereocenters. The molecule has 8 nitrogen and oxygen atoms in total. The van der Waals surface area contributed by atoms with Crippen LogP contribution in [-0.2, 0) is 21.3 Å². The zero-order valence-corrected chi connectivity index (χ0v) is 11.9. The number of methoxy groups -OCH3 is 1. The number of nitrogen functional groups attached to an aromatic ring is 1. The minimum atomic E-state index is -3.96. The molecule has 0 fully saturated rings. The first-order valence-electron chi connectivity index (χ1n) is 5.81. The number of benzene rings is 1. The van der Waals surface area contributed by atoms with Gasteiger partial charge in [-0.1, -0.05) is 5.16 Å². The van der Waals surface area contributed by atoms with Gasteiger partial charge in [-0.25, -0.2) is 17.9 Å². The zero-order valence-electron chi connectivity index (χ0n) is 11.1. The first kappa shape index (κ1) is 15.0. The van der Waals surface area contributed by atoms with Crippen LogP contribution in [0.5, 0.6) is 0 Å². The van der Waals surface area contributed by atoms with E-state index in [1.54, 1.807) is 0 Å². The third kappa shape index (κ3) is 3.38. The van der Waals surface area contributed by atoms with Crippen LogP contribution < -0.4 is 10.5 Å². The van der Waals surface area contributed by atoms with Crippen LogP contribution in [0.25, 0.3) is 0 Å². The maximum Gasteiger partial charge on any atom is 0.339 e. The fourth-order valence-electron chi connectivity index (χ4n) is 1.62. The molecule has 1 aromatic heterocycles. The Balaban J connectivity index is 2.34. The van der Waals surface area contributed by atoms with Crippen molar-refractivity contribution in [3.8, 4) is 0 Å². The van der Waals surface area contributed by atoms with Crippen LogP contribution in [0.2, 0.25) is 0 Å². The van der Waals surface area contributed by atoms with E-state index in [0.717, 1.165) is 7.11 Å². The van der Waals surface area contributed by atoms with Gasteiger partial charge in [-0.05, 0) is 18.2 Å². The van der Waals surface area contributed by atoms with Gasteiger partial charge in [0.2, 0.25) is 10.0 Å². The molecule has 0 aliphatic heterocycles. The number of esters is 1. The van der Waals surface area contributed by atoms with Crippen molar-refractivity contribution < 1.29 is 22.5 Å². The summed E-state index contributed by atoms with van der Waals surface area (Å²) in [5.41, 5.74) is 5.69. The van der Waals surface area contributed by atoms with E-state index in [1.807, 2.05) is 0 Å². The molecule has 21 heavy (non-hydrogen) atoms. The molecule has 0 spiro atoms. The van der Waals surface area contributed by atoms with E-state index >= 15 is 0 Å². The number of hydrogen-bond acceptors (Lipinski definition) is 7. The molecule has 0 radical (unpaired) electrons. The number of nitrogens with two attached hydrogens (primary N) is 1. The van der Waals surface area contributed by atoms with E-state index in [0.29, 0.717) is 5.76 Å². The second kappa shape index (κ2) is 5.94. The highest BCUT2D eigenvalue weighted by Crippen LogP contribution is 2.20. The Labute approximate surface area is 120 Å². The molecule has 0 aliphatic rings. The van der Waals surface area contributed by atoms with Crippen molar-refractivity contribution >= 4 is 21.7 Å². The van der Waals surface area contributed by atoms with E-state index < -0.39 is 16.0 Å². The van der Waals surface area contributed by atoms with E-state index in [-0.39, 0.29) is 22.7 Å². The third-order valence-corrected chi connectivity index (χ3v) is 4.07. The average Bonchev–Trinajstić information content (AvgIpc) is 2.98. The van der Waals surface area contributed by atoms with Crippen molar-refractivity contribution in [3.63, 3.8) is 0 Å². The third-order valence-electron chi connectivity index (χ3n) is 2.63. The number of nitrogens with zero attached hydrogens (tertiary/aromatic N) is 1. The highest BCUT2D eigenvalue weighted by molar-refractivity contribution is 7.89. The van der Waals surface area contributed by atoms with Crippen molar-refractivity contribution in [2.24, 2.45) is 0 Å². The summed E-state index contributed by atoms with van der Waals surface area (Å²) in [7, 11) is -2.80. The summed E-state index contributed by atoms with van der Waals surface area (Å²) >= 11 is 0. The topological polar surface area (TPSA) is 125 Å². The average molecular weight is 311 g/mol. The molecular weight excluding hydrogens is 298 g/mol. The molecular formula is C12H13N3O5S. The Bertz CT molecular complexity index is 740. The van der Waals surface area contributed by atoms with Gasteiger partial charge >= 0.3 is 5.97 Å². The number of aromatic nitrogens is 1. The van der Waals surface area contributed by atoms with Gasteiger partial charge in [-0.15, -0.1) is 0 Å². The van der Waals surface area contributed by atoms with Crippen LogP contribution in [0.15, 0.2) is 39.9 Å². The number of carbonyl (C=O) groups is 1. The molecule has 0 bridgehead atoms. The molecule has 1 heterocycles. The first-order chi connectivity index (χ1) is 9.94. The zero-order chi connectivity index (χ0) is 15.5. The summed E-state index contributed by atoms with van der Waals surface area (Å²) in [6, 6.07) is 5.42. The number of anilines is 1. The summed E-state index contributed by atoms with van der Waals surface area (Å²) in [5.74, 6) is -0.433. The quantitative estimate of drug-likeness (QED) is 0.609. The minimum absolute atomic E-state index is 0.0995. The highest BCUT2D eigenvalue weighted by atomic mass is 32.2. The molecule has 112 valence electrons. The largest absolute Gasteiger partial charge is 0.465 e. The fraction of sp³-hybridized carbons (Fsp3) is 0.167. The van der Waals surface area contributed by atoms with Crippen LogP contribution in [0.4, 0.5) is 5.69 Å². The van der Waals surface area contributed by atoms with Gasteiger partial charge in [0, 0.05) is 11.8 Å². The molecule has 0 unspecified atom stereocenters. The molecule has 2 aromatic rings. The number of carbonyl (C=O) groups excluding carboxylic acids is 1. The lowest BCUT2D eigenvalue weighted by atomic mass is 10.2. The van der Waals surface area contributed by atoms with Gasteiger partial charge in [0.1, 0.15) is 0 Å². The summed E-state index contributed by atoms with van der Waals surface area (Å²) in [6.45, 7) is -0.0995. The summed E-state index contributed by atoms with van der Waals surface area (Å²) in [5, 5.41) is 3.46. The van der Waals surface area contributed by atoms with Crippen molar-refractivity contribution in [1.29, 1.82) is 0 Å². The fourth-order valence-corrected chi connectivity index (χ4v) is 2.84.